The normalized spacial score (nSPS) is 11.2. The molecule has 0 aliphatic rings. The highest BCUT2D eigenvalue weighted by Crippen LogP contribution is 2.48. The molecule has 0 radical (unpaired) electrons. The maximum Gasteiger partial charge on any atom is 0.474 e. The zero-order valence-electron chi connectivity index (χ0n) is 20.0. The zero-order chi connectivity index (χ0) is 24.2. The van der Waals surface area contributed by atoms with Crippen LogP contribution in [0.15, 0.2) is 24.3 Å². The van der Waals surface area contributed by atoms with E-state index in [2.05, 4.69) is 13.2 Å². The van der Waals surface area contributed by atoms with Gasteiger partial charge < -0.3 is 9.47 Å². The van der Waals surface area contributed by atoms with Gasteiger partial charge in [0, 0.05) is 18.3 Å². The SMILES string of the molecule is C=C(C)C(=O)OCCCCCCCOP(=O)(OC)OCCCCCCCOC(=O)C(=C)C. The van der Waals surface area contributed by atoms with Crippen molar-refractivity contribution in [3.05, 3.63) is 24.3 Å². The molecule has 0 saturated carbocycles. The predicted molar refractivity (Wildman–Crippen MR) is 124 cm³/mol. The van der Waals surface area contributed by atoms with Crippen molar-refractivity contribution >= 4 is 19.8 Å². The van der Waals surface area contributed by atoms with Gasteiger partial charge in [0.2, 0.25) is 0 Å². The molecule has 9 heteroatoms. The topological polar surface area (TPSA) is 97.4 Å². The Morgan fingerprint density at radius 3 is 1.25 bits per heavy atom. The first-order valence-electron chi connectivity index (χ1n) is 11.3. The van der Waals surface area contributed by atoms with E-state index in [9.17, 15) is 14.2 Å². The molecular weight excluding hydrogens is 435 g/mol. The summed E-state index contributed by atoms with van der Waals surface area (Å²) < 4.78 is 38.1. The van der Waals surface area contributed by atoms with Crippen LogP contribution in [-0.4, -0.2) is 45.5 Å². The Bertz CT molecular complexity index is 569. The van der Waals surface area contributed by atoms with Crippen LogP contribution >= 0.6 is 7.82 Å². The van der Waals surface area contributed by atoms with Gasteiger partial charge in [0.15, 0.2) is 0 Å². The molecule has 0 spiro atoms. The maximum atomic E-state index is 12.4. The second-order valence-electron chi connectivity index (χ2n) is 7.66. The lowest BCUT2D eigenvalue weighted by molar-refractivity contribution is -0.139. The fourth-order valence-corrected chi connectivity index (χ4v) is 3.53. The summed E-state index contributed by atoms with van der Waals surface area (Å²) in [6.45, 7) is 11.7. The van der Waals surface area contributed by atoms with Crippen LogP contribution in [0.2, 0.25) is 0 Å². The molecular formula is C23H41O8P. The minimum Gasteiger partial charge on any atom is -0.462 e. The Hall–Kier alpha value is -1.47. The van der Waals surface area contributed by atoms with Gasteiger partial charge in [-0.25, -0.2) is 14.2 Å². The van der Waals surface area contributed by atoms with Crippen molar-refractivity contribution in [1.29, 1.82) is 0 Å². The first kappa shape index (κ1) is 30.5. The third kappa shape index (κ3) is 17.1. The molecule has 0 rings (SSSR count). The first-order chi connectivity index (χ1) is 15.2. The minimum absolute atomic E-state index is 0.304. The summed E-state index contributed by atoms with van der Waals surface area (Å²) in [7, 11) is -2.19. The number of unbranched alkanes of at least 4 members (excludes halogenated alkanes) is 8. The number of ether oxygens (including phenoxy) is 2. The predicted octanol–water partition coefficient (Wildman–Crippen LogP) is 5.91. The van der Waals surface area contributed by atoms with Crippen molar-refractivity contribution in [3.63, 3.8) is 0 Å². The summed E-state index contributed by atoms with van der Waals surface area (Å²) in [4.78, 5) is 22.5. The molecule has 32 heavy (non-hydrogen) atoms. The lowest BCUT2D eigenvalue weighted by Gasteiger charge is -2.15. The molecule has 0 heterocycles. The van der Waals surface area contributed by atoms with E-state index in [-0.39, 0.29) is 11.9 Å². The quantitative estimate of drug-likeness (QED) is 0.0872. The van der Waals surface area contributed by atoms with Crippen LogP contribution in [-0.2, 0) is 37.2 Å². The van der Waals surface area contributed by atoms with Gasteiger partial charge in [-0.05, 0) is 39.5 Å². The largest absolute Gasteiger partial charge is 0.474 e. The summed E-state index contributed by atoms with van der Waals surface area (Å²) in [5.41, 5.74) is 0.816. The minimum atomic E-state index is -3.51. The van der Waals surface area contributed by atoms with Crippen LogP contribution < -0.4 is 0 Å². The van der Waals surface area contributed by atoms with Crippen molar-refractivity contribution in [2.45, 2.75) is 78.1 Å². The number of esters is 2. The van der Waals surface area contributed by atoms with Crippen molar-refractivity contribution in [1.82, 2.24) is 0 Å². The van der Waals surface area contributed by atoms with Crippen molar-refractivity contribution in [2.75, 3.05) is 33.5 Å². The van der Waals surface area contributed by atoms with Crippen molar-refractivity contribution in [2.24, 2.45) is 0 Å². The van der Waals surface area contributed by atoms with Crippen LogP contribution in [0.1, 0.15) is 78.1 Å². The van der Waals surface area contributed by atoms with E-state index in [4.69, 9.17) is 23.0 Å². The molecule has 0 saturated heterocycles. The summed E-state index contributed by atoms with van der Waals surface area (Å²) >= 11 is 0. The highest BCUT2D eigenvalue weighted by atomic mass is 31.2. The average Bonchev–Trinajstić information content (AvgIpc) is 2.76. The van der Waals surface area contributed by atoms with E-state index in [1.165, 1.54) is 7.11 Å². The van der Waals surface area contributed by atoms with Gasteiger partial charge in [0.1, 0.15) is 0 Å². The van der Waals surface area contributed by atoms with Gasteiger partial charge in [0.05, 0.1) is 26.4 Å². The highest BCUT2D eigenvalue weighted by molar-refractivity contribution is 7.48. The summed E-state index contributed by atoms with van der Waals surface area (Å²) in [5.74, 6) is -0.703. The molecule has 186 valence electrons. The van der Waals surface area contributed by atoms with Gasteiger partial charge in [0.25, 0.3) is 0 Å². The Morgan fingerprint density at radius 2 is 0.938 bits per heavy atom. The summed E-state index contributed by atoms with van der Waals surface area (Å²) in [6.07, 6.45) is 8.77. The summed E-state index contributed by atoms with van der Waals surface area (Å²) in [5, 5.41) is 0. The molecule has 0 atom stereocenters. The average molecular weight is 477 g/mol. The third-order valence-corrected chi connectivity index (χ3v) is 5.91. The number of phosphoric acid groups is 1. The fraction of sp³-hybridized carbons (Fsp3) is 0.739. The molecule has 0 aromatic rings. The van der Waals surface area contributed by atoms with E-state index >= 15 is 0 Å². The molecule has 8 nitrogen and oxygen atoms in total. The molecule has 0 amide bonds. The standard InChI is InChI=1S/C23H41O8P/c1-20(2)22(24)28-16-12-8-6-10-14-18-30-32(26,27-5)31-19-15-11-7-9-13-17-29-23(25)21(3)4/h1,3,6-19H2,2,4-5H3. The smallest absolute Gasteiger partial charge is 0.462 e. The Kier molecular flexibility index (Phi) is 18.2. The second-order valence-corrected chi connectivity index (χ2v) is 9.44. The number of rotatable bonds is 21. The molecule has 0 fully saturated rings. The van der Waals surface area contributed by atoms with E-state index in [0.29, 0.717) is 37.6 Å². The highest BCUT2D eigenvalue weighted by Gasteiger charge is 2.24. The number of hydrogen-bond donors (Lipinski definition) is 0. The lowest BCUT2D eigenvalue weighted by Crippen LogP contribution is -2.06. The number of hydrogen-bond acceptors (Lipinski definition) is 8. The van der Waals surface area contributed by atoms with Crippen LogP contribution in [0.3, 0.4) is 0 Å². The van der Waals surface area contributed by atoms with Crippen LogP contribution in [0.5, 0.6) is 0 Å². The Morgan fingerprint density at radius 1 is 0.625 bits per heavy atom. The van der Waals surface area contributed by atoms with Crippen molar-refractivity contribution < 1.29 is 37.2 Å². The van der Waals surface area contributed by atoms with Crippen LogP contribution in [0, 0.1) is 0 Å². The Balaban J connectivity index is 3.63. The van der Waals surface area contributed by atoms with Crippen LogP contribution in [0.4, 0.5) is 0 Å². The molecule has 0 aliphatic heterocycles. The number of phosphoric ester groups is 1. The van der Waals surface area contributed by atoms with E-state index in [1.54, 1.807) is 13.8 Å². The molecule has 0 aromatic heterocycles. The fourth-order valence-electron chi connectivity index (χ4n) is 2.54. The number of carbonyl (C=O) groups excluding carboxylic acids is 2. The van der Waals surface area contributed by atoms with Crippen molar-refractivity contribution in [3.8, 4) is 0 Å². The third-order valence-electron chi connectivity index (χ3n) is 4.46. The first-order valence-corrected chi connectivity index (χ1v) is 12.8. The maximum absolute atomic E-state index is 12.4. The number of carbonyl (C=O) groups is 2. The molecule has 0 bridgehead atoms. The van der Waals surface area contributed by atoms with Crippen LogP contribution in [0.25, 0.3) is 0 Å². The molecule has 0 N–H and O–H groups in total. The van der Waals surface area contributed by atoms with Gasteiger partial charge in [-0.3, -0.25) is 13.6 Å². The van der Waals surface area contributed by atoms with Gasteiger partial charge >= 0.3 is 19.8 Å². The van der Waals surface area contributed by atoms with E-state index in [1.807, 2.05) is 0 Å². The molecule has 0 aliphatic carbocycles. The van der Waals surface area contributed by atoms with Gasteiger partial charge in [-0.2, -0.15) is 0 Å². The van der Waals surface area contributed by atoms with E-state index < -0.39 is 7.82 Å². The second kappa shape index (κ2) is 19.0. The van der Waals surface area contributed by atoms with E-state index in [0.717, 1.165) is 64.2 Å². The summed E-state index contributed by atoms with van der Waals surface area (Å²) in [6, 6.07) is 0. The van der Waals surface area contributed by atoms with Gasteiger partial charge in [-0.1, -0.05) is 51.7 Å². The molecule has 0 unspecified atom stereocenters. The lowest BCUT2D eigenvalue weighted by atomic mass is 10.1. The monoisotopic (exact) mass is 476 g/mol. The Labute approximate surface area is 193 Å². The molecule has 0 aromatic carbocycles. The zero-order valence-corrected chi connectivity index (χ0v) is 20.9. The van der Waals surface area contributed by atoms with Gasteiger partial charge in [-0.15, -0.1) is 0 Å².